The van der Waals surface area contributed by atoms with Crippen molar-refractivity contribution >= 4 is 40.4 Å². The number of carbonyl (C=O) groups is 2. The van der Waals surface area contributed by atoms with Crippen molar-refractivity contribution in [3.63, 3.8) is 0 Å². The summed E-state index contributed by atoms with van der Waals surface area (Å²) in [4.78, 5) is 32.2. The lowest BCUT2D eigenvalue weighted by molar-refractivity contribution is -0.139. The third-order valence-corrected chi connectivity index (χ3v) is 6.72. The standard InChI is InChI=1S/C23H26ClN3O4S/c1-3-30-22(29)20-14(2)26-23-27(21(20)15-6-8-16(24)9-7-15)17(13-32-23)11-19(28)25-12-18-5-4-10-31-18/h6-9,13,18,21H,3-5,10-12H2,1-2H3,(H,25,28). The largest absolute Gasteiger partial charge is 0.463 e. The summed E-state index contributed by atoms with van der Waals surface area (Å²) in [5, 5.41) is 6.24. The van der Waals surface area contributed by atoms with E-state index in [2.05, 4.69) is 10.3 Å². The smallest absolute Gasteiger partial charge is 0.338 e. The fourth-order valence-corrected chi connectivity index (χ4v) is 5.15. The van der Waals surface area contributed by atoms with Crippen LogP contribution in [0.3, 0.4) is 0 Å². The molecule has 1 aromatic carbocycles. The quantitative estimate of drug-likeness (QED) is 0.596. The van der Waals surface area contributed by atoms with Crippen LogP contribution in [0.1, 0.15) is 44.7 Å². The molecule has 4 rings (SSSR count). The van der Waals surface area contributed by atoms with E-state index >= 15 is 0 Å². The van der Waals surface area contributed by atoms with E-state index in [1.54, 1.807) is 19.1 Å². The highest BCUT2D eigenvalue weighted by molar-refractivity contribution is 8.16. The number of amides is 1. The molecule has 2 unspecified atom stereocenters. The van der Waals surface area contributed by atoms with E-state index in [1.165, 1.54) is 11.8 Å². The molecule has 1 aromatic rings. The van der Waals surface area contributed by atoms with Gasteiger partial charge >= 0.3 is 5.97 Å². The number of nitrogens with zero attached hydrogens (tertiary/aromatic N) is 2. The predicted octanol–water partition coefficient (Wildman–Crippen LogP) is 4.16. The summed E-state index contributed by atoms with van der Waals surface area (Å²) in [6.45, 7) is 5.11. The van der Waals surface area contributed by atoms with Gasteiger partial charge in [0.25, 0.3) is 0 Å². The molecule has 0 aliphatic carbocycles. The second-order valence-electron chi connectivity index (χ2n) is 7.78. The number of fused-ring (bicyclic) bond motifs is 1. The maximum atomic E-state index is 12.9. The van der Waals surface area contributed by atoms with Crippen molar-refractivity contribution in [3.8, 4) is 0 Å². The summed E-state index contributed by atoms with van der Waals surface area (Å²) in [5.74, 6) is -0.501. The molecule has 32 heavy (non-hydrogen) atoms. The van der Waals surface area contributed by atoms with Gasteiger partial charge in [0.2, 0.25) is 5.91 Å². The Morgan fingerprint density at radius 3 is 2.81 bits per heavy atom. The molecule has 1 fully saturated rings. The van der Waals surface area contributed by atoms with Crippen molar-refractivity contribution in [1.29, 1.82) is 0 Å². The van der Waals surface area contributed by atoms with E-state index in [9.17, 15) is 9.59 Å². The van der Waals surface area contributed by atoms with E-state index in [1.807, 2.05) is 29.4 Å². The summed E-state index contributed by atoms with van der Waals surface area (Å²) >= 11 is 7.55. The Kier molecular flexibility index (Phi) is 7.23. The van der Waals surface area contributed by atoms with Crippen molar-refractivity contribution in [3.05, 3.63) is 57.2 Å². The van der Waals surface area contributed by atoms with Crippen LogP contribution in [0.4, 0.5) is 0 Å². The van der Waals surface area contributed by atoms with Gasteiger partial charge in [-0.05, 0) is 49.8 Å². The Labute approximate surface area is 196 Å². The Morgan fingerprint density at radius 1 is 1.34 bits per heavy atom. The number of carbonyl (C=O) groups excluding carboxylic acids is 2. The molecule has 1 amide bonds. The number of allylic oxidation sites excluding steroid dienone is 1. The van der Waals surface area contributed by atoms with Crippen LogP contribution in [0, 0.1) is 0 Å². The molecule has 9 heteroatoms. The maximum absolute atomic E-state index is 12.9. The number of halogens is 1. The predicted molar refractivity (Wildman–Crippen MR) is 125 cm³/mol. The van der Waals surface area contributed by atoms with Gasteiger partial charge in [-0.25, -0.2) is 9.79 Å². The third-order valence-electron chi connectivity index (χ3n) is 5.57. The van der Waals surface area contributed by atoms with Gasteiger partial charge in [-0.2, -0.15) is 0 Å². The molecule has 170 valence electrons. The molecule has 0 aromatic heterocycles. The number of thioether (sulfide) groups is 1. The minimum absolute atomic E-state index is 0.0841. The summed E-state index contributed by atoms with van der Waals surface area (Å²) in [6.07, 6.45) is 2.26. The molecule has 1 saturated heterocycles. The van der Waals surface area contributed by atoms with E-state index < -0.39 is 12.0 Å². The highest BCUT2D eigenvalue weighted by Gasteiger charge is 2.41. The van der Waals surface area contributed by atoms with Gasteiger partial charge < -0.3 is 19.7 Å². The third kappa shape index (κ3) is 4.87. The molecule has 3 aliphatic heterocycles. The molecule has 3 aliphatic rings. The summed E-state index contributed by atoms with van der Waals surface area (Å²) in [6, 6.07) is 6.91. The van der Waals surface area contributed by atoms with Crippen molar-refractivity contribution < 1.29 is 19.1 Å². The van der Waals surface area contributed by atoms with Gasteiger partial charge in [-0.15, -0.1) is 0 Å². The number of hydrogen-bond donors (Lipinski definition) is 1. The average molecular weight is 476 g/mol. The zero-order valence-corrected chi connectivity index (χ0v) is 19.7. The number of aliphatic imine (C=N–C) groups is 1. The number of rotatable bonds is 7. The number of amidine groups is 1. The Morgan fingerprint density at radius 2 is 2.12 bits per heavy atom. The minimum Gasteiger partial charge on any atom is -0.463 e. The summed E-state index contributed by atoms with van der Waals surface area (Å²) in [5.41, 5.74) is 2.73. The topological polar surface area (TPSA) is 80.2 Å². The van der Waals surface area contributed by atoms with Crippen LogP contribution in [0.15, 0.2) is 51.6 Å². The second kappa shape index (κ2) is 10.1. The highest BCUT2D eigenvalue weighted by atomic mass is 35.5. The van der Waals surface area contributed by atoms with E-state index in [0.29, 0.717) is 22.8 Å². The molecule has 0 spiro atoms. The lowest BCUT2D eigenvalue weighted by Crippen LogP contribution is -2.38. The van der Waals surface area contributed by atoms with E-state index in [4.69, 9.17) is 21.1 Å². The first-order chi connectivity index (χ1) is 15.5. The zero-order chi connectivity index (χ0) is 22.7. The molecule has 7 nitrogen and oxygen atoms in total. The van der Waals surface area contributed by atoms with Crippen LogP contribution >= 0.6 is 23.4 Å². The Balaban J connectivity index is 1.59. The molecular weight excluding hydrogens is 450 g/mol. The van der Waals surface area contributed by atoms with Gasteiger partial charge in [0.1, 0.15) is 0 Å². The number of ether oxygens (including phenoxy) is 2. The normalized spacial score (nSPS) is 22.4. The first kappa shape index (κ1) is 22.9. The van der Waals surface area contributed by atoms with Crippen LogP contribution in [-0.2, 0) is 19.1 Å². The Hall–Kier alpha value is -2.29. The van der Waals surface area contributed by atoms with Crippen molar-refractivity contribution in [2.45, 2.75) is 45.3 Å². The van der Waals surface area contributed by atoms with Gasteiger partial charge in [0.15, 0.2) is 5.17 Å². The molecule has 0 radical (unpaired) electrons. The van der Waals surface area contributed by atoms with E-state index in [-0.39, 0.29) is 25.0 Å². The maximum Gasteiger partial charge on any atom is 0.338 e. The molecule has 0 saturated carbocycles. The van der Waals surface area contributed by atoms with E-state index in [0.717, 1.165) is 35.9 Å². The lowest BCUT2D eigenvalue weighted by atomic mass is 9.94. The number of nitrogens with one attached hydrogen (secondary N) is 1. The van der Waals surface area contributed by atoms with Gasteiger partial charge in [-0.3, -0.25) is 4.79 Å². The first-order valence-electron chi connectivity index (χ1n) is 10.7. The van der Waals surface area contributed by atoms with Crippen LogP contribution in [0.2, 0.25) is 5.02 Å². The minimum atomic E-state index is -0.453. The number of hydrogen-bond acceptors (Lipinski definition) is 7. The summed E-state index contributed by atoms with van der Waals surface area (Å²) < 4.78 is 10.9. The van der Waals surface area contributed by atoms with Crippen LogP contribution in [-0.4, -0.2) is 47.8 Å². The van der Waals surface area contributed by atoms with Crippen LogP contribution in [0.5, 0.6) is 0 Å². The number of esters is 1. The van der Waals surface area contributed by atoms with Gasteiger partial charge in [0, 0.05) is 23.9 Å². The molecule has 3 heterocycles. The van der Waals surface area contributed by atoms with Crippen LogP contribution in [0.25, 0.3) is 0 Å². The highest BCUT2D eigenvalue weighted by Crippen LogP contribution is 2.44. The lowest BCUT2D eigenvalue weighted by Gasteiger charge is -2.36. The van der Waals surface area contributed by atoms with Crippen molar-refractivity contribution in [2.24, 2.45) is 4.99 Å². The average Bonchev–Trinajstić information content (AvgIpc) is 3.42. The van der Waals surface area contributed by atoms with Gasteiger partial charge in [-0.1, -0.05) is 35.5 Å². The molecule has 0 bridgehead atoms. The van der Waals surface area contributed by atoms with Gasteiger partial charge in [0.05, 0.1) is 36.4 Å². The monoisotopic (exact) mass is 475 g/mol. The van der Waals surface area contributed by atoms with Crippen molar-refractivity contribution in [2.75, 3.05) is 19.8 Å². The first-order valence-corrected chi connectivity index (χ1v) is 12.0. The second-order valence-corrected chi connectivity index (χ2v) is 9.05. The molecular formula is C23H26ClN3O4S. The Bertz CT molecular complexity index is 983. The summed E-state index contributed by atoms with van der Waals surface area (Å²) in [7, 11) is 0. The zero-order valence-electron chi connectivity index (χ0n) is 18.1. The van der Waals surface area contributed by atoms with Crippen molar-refractivity contribution in [1.82, 2.24) is 10.2 Å². The van der Waals surface area contributed by atoms with Crippen LogP contribution < -0.4 is 5.32 Å². The number of benzene rings is 1. The molecule has 1 N–H and O–H groups in total. The fourth-order valence-electron chi connectivity index (χ4n) is 4.06. The SMILES string of the molecule is CCOC(=O)C1=C(C)N=C2SC=C(CC(=O)NCC3CCCO3)N2C1c1ccc(Cl)cc1. The fraction of sp³-hybridized carbons (Fsp3) is 0.435. The molecule has 2 atom stereocenters.